The number of nitrogens with one attached hydrogen (secondary N) is 1. The number of hydrogen-bond donors (Lipinski definition) is 1. The molecule has 1 aromatic carbocycles. The topological polar surface area (TPSA) is 32.3 Å². The molecule has 122 valence electrons. The van der Waals surface area contributed by atoms with E-state index in [4.69, 9.17) is 11.6 Å². The minimum Gasteiger partial charge on any atom is -0.341 e. The smallest absolute Gasteiger partial charge is 0.226 e. The molecule has 6 heteroatoms. The van der Waals surface area contributed by atoms with Crippen molar-refractivity contribution in [1.29, 1.82) is 0 Å². The Bertz CT molecular complexity index is 535. The Hall–Kier alpha value is -0.840. The number of carbonyl (C=O) groups is 1. The molecule has 1 saturated carbocycles. The number of hydrogen-bond acceptors (Lipinski definition) is 2. The van der Waals surface area contributed by atoms with Crippen LogP contribution in [0, 0.1) is 11.7 Å². The summed E-state index contributed by atoms with van der Waals surface area (Å²) < 4.78 is 13.9. The Morgan fingerprint density at radius 2 is 2.23 bits per heavy atom. The van der Waals surface area contributed by atoms with E-state index in [9.17, 15) is 9.18 Å². The third kappa shape index (κ3) is 3.39. The molecule has 1 N–H and O–H groups in total. The molecule has 1 heterocycles. The van der Waals surface area contributed by atoms with Crippen molar-refractivity contribution < 1.29 is 9.18 Å². The molecule has 3 nitrogen and oxygen atoms in total. The van der Waals surface area contributed by atoms with Gasteiger partial charge in [-0.3, -0.25) is 4.79 Å². The van der Waals surface area contributed by atoms with E-state index in [1.54, 1.807) is 12.1 Å². The van der Waals surface area contributed by atoms with E-state index < -0.39 is 0 Å². The molecule has 0 aromatic heterocycles. The number of carbonyl (C=O) groups excluding carboxylic acids is 1. The summed E-state index contributed by atoms with van der Waals surface area (Å²) in [6, 6.07) is 5.08. The van der Waals surface area contributed by atoms with E-state index in [2.05, 4.69) is 5.32 Å². The van der Waals surface area contributed by atoms with Gasteiger partial charge in [0, 0.05) is 41.6 Å². The van der Waals surface area contributed by atoms with Gasteiger partial charge in [-0.2, -0.15) is 0 Å². The summed E-state index contributed by atoms with van der Waals surface area (Å²) in [5.41, 5.74) is 0.514. The second kappa shape index (κ2) is 7.16. The molecule has 1 aliphatic carbocycles. The second-order valence-electron chi connectivity index (χ2n) is 6.00. The van der Waals surface area contributed by atoms with Crippen LogP contribution in [-0.2, 0) is 4.79 Å². The number of halogens is 3. The summed E-state index contributed by atoms with van der Waals surface area (Å²) in [4.78, 5) is 14.5. The van der Waals surface area contributed by atoms with Crippen LogP contribution in [-0.4, -0.2) is 37.0 Å². The minimum absolute atomic E-state index is 0. The lowest BCUT2D eigenvalue weighted by atomic mass is 10.0. The van der Waals surface area contributed by atoms with Gasteiger partial charge in [-0.25, -0.2) is 4.39 Å². The Kier molecular flexibility index (Phi) is 5.70. The van der Waals surface area contributed by atoms with Gasteiger partial charge in [0.2, 0.25) is 5.91 Å². The number of benzene rings is 1. The zero-order valence-corrected chi connectivity index (χ0v) is 14.1. The van der Waals surface area contributed by atoms with E-state index in [0.29, 0.717) is 23.0 Å². The van der Waals surface area contributed by atoms with Crippen LogP contribution in [0.2, 0.25) is 5.02 Å². The molecular weight excluding hydrogens is 326 g/mol. The lowest BCUT2D eigenvalue weighted by Gasteiger charge is -2.32. The lowest BCUT2D eigenvalue weighted by molar-refractivity contribution is -0.134. The average Bonchev–Trinajstić information content (AvgIpc) is 3.26. The van der Waals surface area contributed by atoms with Gasteiger partial charge in [-0.15, -0.1) is 12.4 Å². The van der Waals surface area contributed by atoms with Crippen molar-refractivity contribution in [2.75, 3.05) is 20.1 Å². The summed E-state index contributed by atoms with van der Waals surface area (Å²) in [6.45, 7) is 1.56. The maximum absolute atomic E-state index is 13.9. The van der Waals surface area contributed by atoms with Crippen LogP contribution in [0.25, 0.3) is 0 Å². The van der Waals surface area contributed by atoms with Gasteiger partial charge in [0.1, 0.15) is 5.82 Å². The van der Waals surface area contributed by atoms with Gasteiger partial charge in [0.25, 0.3) is 0 Å². The highest BCUT2D eigenvalue weighted by molar-refractivity contribution is 6.31. The first kappa shape index (κ1) is 17.5. The maximum Gasteiger partial charge on any atom is 0.226 e. The van der Waals surface area contributed by atoms with Crippen molar-refractivity contribution in [1.82, 2.24) is 10.2 Å². The first-order valence-electron chi connectivity index (χ1n) is 7.51. The predicted octanol–water partition coefficient (Wildman–Crippen LogP) is 3.21. The monoisotopic (exact) mass is 346 g/mol. The second-order valence-corrected chi connectivity index (χ2v) is 6.40. The molecule has 3 atom stereocenters. The van der Waals surface area contributed by atoms with Gasteiger partial charge >= 0.3 is 0 Å². The highest BCUT2D eigenvalue weighted by Crippen LogP contribution is 2.51. The van der Waals surface area contributed by atoms with Gasteiger partial charge in [0.15, 0.2) is 0 Å². The third-order valence-corrected chi connectivity index (χ3v) is 4.95. The molecule has 3 rings (SSSR count). The lowest BCUT2D eigenvalue weighted by Crippen LogP contribution is -2.47. The number of rotatable bonds is 3. The van der Waals surface area contributed by atoms with E-state index in [1.807, 2.05) is 11.9 Å². The van der Waals surface area contributed by atoms with E-state index in [-0.39, 0.29) is 36.0 Å². The normalized spacial score (nSPS) is 27.2. The fourth-order valence-electron chi connectivity index (χ4n) is 3.30. The zero-order chi connectivity index (χ0) is 15.0. The van der Waals surface area contributed by atoms with Crippen LogP contribution in [0.3, 0.4) is 0 Å². The molecule has 1 amide bonds. The first-order valence-corrected chi connectivity index (χ1v) is 7.89. The SMILES string of the molecule is CNC1CCCN(C(=O)C2CC2c2c(F)cccc2Cl)C1.Cl. The molecule has 0 spiro atoms. The Balaban J connectivity index is 0.00000176. The highest BCUT2D eigenvalue weighted by atomic mass is 35.5. The fraction of sp³-hybridized carbons (Fsp3) is 0.562. The third-order valence-electron chi connectivity index (χ3n) is 4.62. The zero-order valence-electron chi connectivity index (χ0n) is 12.5. The fourth-order valence-corrected chi connectivity index (χ4v) is 3.60. The first-order chi connectivity index (χ1) is 10.1. The Morgan fingerprint density at radius 1 is 1.45 bits per heavy atom. The Labute approximate surface area is 141 Å². The highest BCUT2D eigenvalue weighted by Gasteiger charge is 2.48. The van der Waals surface area contributed by atoms with Crippen molar-refractivity contribution in [2.24, 2.45) is 5.92 Å². The molecule has 2 aliphatic rings. The molecule has 22 heavy (non-hydrogen) atoms. The quantitative estimate of drug-likeness (QED) is 0.911. The Morgan fingerprint density at radius 3 is 2.91 bits per heavy atom. The van der Waals surface area contributed by atoms with Crippen LogP contribution >= 0.6 is 24.0 Å². The number of likely N-dealkylation sites (tertiary alicyclic amines) is 1. The number of nitrogens with zero attached hydrogens (tertiary/aromatic N) is 1. The molecular formula is C16H21Cl2FN2O. The average molecular weight is 347 g/mol. The van der Waals surface area contributed by atoms with Crippen molar-refractivity contribution in [2.45, 2.75) is 31.2 Å². The van der Waals surface area contributed by atoms with Crippen molar-refractivity contribution in [3.8, 4) is 0 Å². The van der Waals surface area contributed by atoms with Crippen LogP contribution < -0.4 is 5.32 Å². The summed E-state index contributed by atoms with van der Waals surface area (Å²) >= 11 is 6.09. The molecule has 0 radical (unpaired) electrons. The van der Waals surface area contributed by atoms with Crippen LogP contribution in [0.15, 0.2) is 18.2 Å². The molecule has 2 fully saturated rings. The summed E-state index contributed by atoms with van der Waals surface area (Å²) in [5.74, 6) is -0.301. The molecule has 1 saturated heterocycles. The summed E-state index contributed by atoms with van der Waals surface area (Å²) in [6.07, 6.45) is 2.84. The molecule has 3 unspecified atom stereocenters. The standard InChI is InChI=1S/C16H20ClFN2O.ClH/c1-19-10-4-3-7-20(9-10)16(21)12-8-11(12)15-13(17)5-2-6-14(15)18;/h2,5-6,10-12,19H,3-4,7-9H2,1H3;1H. The predicted molar refractivity (Wildman–Crippen MR) is 88.2 cm³/mol. The number of amides is 1. The molecule has 0 bridgehead atoms. The van der Waals surface area contributed by atoms with Crippen molar-refractivity contribution in [3.63, 3.8) is 0 Å². The number of likely N-dealkylation sites (N-methyl/N-ethyl adjacent to an activating group) is 1. The van der Waals surface area contributed by atoms with E-state index in [0.717, 1.165) is 25.9 Å². The van der Waals surface area contributed by atoms with Gasteiger partial charge < -0.3 is 10.2 Å². The van der Waals surface area contributed by atoms with Gasteiger partial charge in [0.05, 0.1) is 0 Å². The van der Waals surface area contributed by atoms with Gasteiger partial charge in [-0.05, 0) is 38.4 Å². The molecule has 1 aliphatic heterocycles. The van der Waals surface area contributed by atoms with Crippen molar-refractivity contribution >= 4 is 29.9 Å². The van der Waals surface area contributed by atoms with Crippen molar-refractivity contribution in [3.05, 3.63) is 34.6 Å². The van der Waals surface area contributed by atoms with E-state index >= 15 is 0 Å². The van der Waals surface area contributed by atoms with Gasteiger partial charge in [-0.1, -0.05) is 17.7 Å². The summed E-state index contributed by atoms with van der Waals surface area (Å²) in [5, 5.41) is 3.67. The number of piperidine rings is 1. The van der Waals surface area contributed by atoms with Crippen LogP contribution in [0.5, 0.6) is 0 Å². The van der Waals surface area contributed by atoms with Crippen LogP contribution in [0.4, 0.5) is 4.39 Å². The molecule has 1 aromatic rings. The minimum atomic E-state index is -0.297. The van der Waals surface area contributed by atoms with E-state index in [1.165, 1.54) is 6.07 Å². The maximum atomic E-state index is 13.9. The largest absolute Gasteiger partial charge is 0.341 e. The summed E-state index contributed by atoms with van der Waals surface area (Å²) in [7, 11) is 1.93. The van der Waals surface area contributed by atoms with Crippen LogP contribution in [0.1, 0.15) is 30.7 Å².